The standard InChI is InChI=1S/C21H32F2N4O/c1-16(14-26-8-3-2-4-9-26)12-24-21(28)25-13-17-7-10-27(15-17)18-5-6-19(22)20(23)11-18/h5-6,11,16-17H,2-4,7-10,12-15H2,1H3,(H2,24,25,28)/t16-,17-/m1/s1. The van der Waals surface area contributed by atoms with E-state index in [0.29, 0.717) is 30.6 Å². The maximum Gasteiger partial charge on any atom is 0.314 e. The molecule has 2 atom stereocenters. The van der Waals surface area contributed by atoms with Crippen molar-refractivity contribution >= 4 is 11.7 Å². The number of hydrogen-bond donors (Lipinski definition) is 2. The van der Waals surface area contributed by atoms with E-state index in [1.165, 1.54) is 38.4 Å². The maximum atomic E-state index is 13.4. The number of anilines is 1. The van der Waals surface area contributed by atoms with Gasteiger partial charge in [0.05, 0.1) is 0 Å². The molecule has 2 aliphatic heterocycles. The van der Waals surface area contributed by atoms with Crippen LogP contribution >= 0.6 is 0 Å². The number of carbonyl (C=O) groups excluding carboxylic acids is 1. The lowest BCUT2D eigenvalue weighted by Crippen LogP contribution is -2.42. The Hall–Kier alpha value is -1.89. The molecule has 2 heterocycles. The van der Waals surface area contributed by atoms with Crippen molar-refractivity contribution in [3.8, 4) is 0 Å². The Labute approximate surface area is 166 Å². The summed E-state index contributed by atoms with van der Waals surface area (Å²) < 4.78 is 26.5. The highest BCUT2D eigenvalue weighted by Gasteiger charge is 2.24. The lowest BCUT2D eigenvalue weighted by atomic mass is 10.1. The number of halogens is 2. The van der Waals surface area contributed by atoms with Gasteiger partial charge in [0.25, 0.3) is 0 Å². The maximum absolute atomic E-state index is 13.4. The van der Waals surface area contributed by atoms with Gasteiger partial charge in [-0.1, -0.05) is 13.3 Å². The van der Waals surface area contributed by atoms with Crippen LogP contribution in [0.15, 0.2) is 18.2 Å². The normalized spacial score (nSPS) is 21.5. The average molecular weight is 395 g/mol. The SMILES string of the molecule is C[C@H](CNC(=O)NC[C@H]1CCN(c2ccc(F)c(F)c2)C1)CN1CCCCC1. The van der Waals surface area contributed by atoms with Crippen molar-refractivity contribution in [2.45, 2.75) is 32.6 Å². The van der Waals surface area contributed by atoms with Gasteiger partial charge < -0.3 is 20.4 Å². The number of carbonyl (C=O) groups is 1. The van der Waals surface area contributed by atoms with E-state index in [0.717, 1.165) is 32.1 Å². The Kier molecular flexibility index (Phi) is 7.48. The largest absolute Gasteiger partial charge is 0.371 e. The topological polar surface area (TPSA) is 47.6 Å². The second-order valence-corrected chi connectivity index (χ2v) is 8.26. The summed E-state index contributed by atoms with van der Waals surface area (Å²) >= 11 is 0. The number of benzene rings is 1. The highest BCUT2D eigenvalue weighted by Crippen LogP contribution is 2.25. The molecule has 0 radical (unpaired) electrons. The number of rotatable bonds is 7. The molecular formula is C21H32F2N4O. The first kappa shape index (κ1) is 20.8. The van der Waals surface area contributed by atoms with E-state index in [-0.39, 0.29) is 6.03 Å². The predicted octanol–water partition coefficient (Wildman–Crippen LogP) is 3.21. The van der Waals surface area contributed by atoms with Gasteiger partial charge in [-0.05, 0) is 56.3 Å². The summed E-state index contributed by atoms with van der Waals surface area (Å²) in [4.78, 5) is 16.6. The van der Waals surface area contributed by atoms with Crippen LogP contribution in [0.25, 0.3) is 0 Å². The van der Waals surface area contributed by atoms with E-state index in [1.54, 1.807) is 6.07 Å². The third kappa shape index (κ3) is 6.06. The molecule has 28 heavy (non-hydrogen) atoms. The fourth-order valence-electron chi connectivity index (χ4n) is 4.13. The molecule has 0 spiro atoms. The predicted molar refractivity (Wildman–Crippen MR) is 108 cm³/mol. The highest BCUT2D eigenvalue weighted by molar-refractivity contribution is 5.73. The van der Waals surface area contributed by atoms with Crippen molar-refractivity contribution in [1.29, 1.82) is 0 Å². The van der Waals surface area contributed by atoms with Crippen molar-refractivity contribution in [3.63, 3.8) is 0 Å². The van der Waals surface area contributed by atoms with E-state index in [1.807, 2.05) is 4.90 Å². The second-order valence-electron chi connectivity index (χ2n) is 8.26. The van der Waals surface area contributed by atoms with Crippen LogP contribution in [0.5, 0.6) is 0 Å². The van der Waals surface area contributed by atoms with Gasteiger partial charge in [-0.25, -0.2) is 13.6 Å². The van der Waals surface area contributed by atoms with Crippen LogP contribution in [0.4, 0.5) is 19.3 Å². The van der Waals surface area contributed by atoms with Crippen molar-refractivity contribution in [2.75, 3.05) is 50.7 Å². The lowest BCUT2D eigenvalue weighted by molar-refractivity contribution is 0.197. The molecule has 0 bridgehead atoms. The molecule has 2 saturated heterocycles. The second kappa shape index (κ2) is 10.0. The first-order chi connectivity index (χ1) is 13.5. The molecule has 7 heteroatoms. The zero-order valence-corrected chi connectivity index (χ0v) is 16.7. The van der Waals surface area contributed by atoms with Gasteiger partial charge in [0.2, 0.25) is 0 Å². The minimum Gasteiger partial charge on any atom is -0.371 e. The molecule has 0 aliphatic carbocycles. The molecule has 5 nitrogen and oxygen atoms in total. The van der Waals surface area contributed by atoms with Crippen molar-refractivity contribution < 1.29 is 13.6 Å². The van der Waals surface area contributed by atoms with Crippen LogP contribution in [0, 0.1) is 23.5 Å². The Morgan fingerprint density at radius 3 is 2.68 bits per heavy atom. The monoisotopic (exact) mass is 394 g/mol. The smallest absolute Gasteiger partial charge is 0.314 e. The number of hydrogen-bond acceptors (Lipinski definition) is 3. The van der Waals surface area contributed by atoms with Crippen molar-refractivity contribution in [2.24, 2.45) is 11.8 Å². The van der Waals surface area contributed by atoms with E-state index in [4.69, 9.17) is 0 Å². The first-order valence-electron chi connectivity index (χ1n) is 10.5. The fraction of sp³-hybridized carbons (Fsp3) is 0.667. The summed E-state index contributed by atoms with van der Waals surface area (Å²) in [6.07, 6.45) is 4.82. The summed E-state index contributed by atoms with van der Waals surface area (Å²) in [6, 6.07) is 3.87. The number of nitrogens with zero attached hydrogens (tertiary/aromatic N) is 2. The summed E-state index contributed by atoms with van der Waals surface area (Å²) in [5.41, 5.74) is 0.692. The molecule has 0 saturated carbocycles. The van der Waals surface area contributed by atoms with Gasteiger partial charge in [0.1, 0.15) is 0 Å². The third-order valence-electron chi connectivity index (χ3n) is 5.74. The lowest BCUT2D eigenvalue weighted by Gasteiger charge is -2.29. The van der Waals surface area contributed by atoms with Crippen LogP contribution in [0.2, 0.25) is 0 Å². The first-order valence-corrected chi connectivity index (χ1v) is 10.5. The number of likely N-dealkylation sites (tertiary alicyclic amines) is 1. The summed E-state index contributed by atoms with van der Waals surface area (Å²) in [6.45, 7) is 8.33. The molecule has 2 aliphatic rings. The van der Waals surface area contributed by atoms with Gasteiger partial charge in [-0.3, -0.25) is 0 Å². The third-order valence-corrected chi connectivity index (χ3v) is 5.74. The van der Waals surface area contributed by atoms with Gasteiger partial charge in [-0.15, -0.1) is 0 Å². The average Bonchev–Trinajstić information content (AvgIpc) is 3.17. The summed E-state index contributed by atoms with van der Waals surface area (Å²) in [7, 11) is 0. The zero-order valence-electron chi connectivity index (χ0n) is 16.7. The fourth-order valence-corrected chi connectivity index (χ4v) is 4.13. The number of piperidine rings is 1. The van der Waals surface area contributed by atoms with Crippen LogP contribution in [0.1, 0.15) is 32.6 Å². The molecule has 1 aromatic carbocycles. The van der Waals surface area contributed by atoms with Crippen LogP contribution in [-0.4, -0.2) is 56.7 Å². The molecule has 1 aromatic rings. The van der Waals surface area contributed by atoms with E-state index >= 15 is 0 Å². The Bertz CT molecular complexity index is 651. The molecule has 2 amide bonds. The molecule has 0 unspecified atom stereocenters. The molecule has 2 N–H and O–H groups in total. The Morgan fingerprint density at radius 2 is 1.93 bits per heavy atom. The minimum absolute atomic E-state index is 0.128. The van der Waals surface area contributed by atoms with E-state index < -0.39 is 11.6 Å². The van der Waals surface area contributed by atoms with Crippen LogP contribution in [-0.2, 0) is 0 Å². The quantitative estimate of drug-likeness (QED) is 0.747. The van der Waals surface area contributed by atoms with Crippen molar-refractivity contribution in [3.05, 3.63) is 29.8 Å². The molecule has 0 aromatic heterocycles. The van der Waals surface area contributed by atoms with Crippen molar-refractivity contribution in [1.82, 2.24) is 15.5 Å². The van der Waals surface area contributed by atoms with Gasteiger partial charge in [0.15, 0.2) is 11.6 Å². The molecular weight excluding hydrogens is 362 g/mol. The summed E-state index contributed by atoms with van der Waals surface area (Å²) in [5, 5.41) is 5.92. The Morgan fingerprint density at radius 1 is 1.14 bits per heavy atom. The van der Waals surface area contributed by atoms with Gasteiger partial charge in [-0.2, -0.15) is 0 Å². The van der Waals surface area contributed by atoms with Crippen LogP contribution in [0.3, 0.4) is 0 Å². The van der Waals surface area contributed by atoms with Gasteiger partial charge >= 0.3 is 6.03 Å². The minimum atomic E-state index is -0.827. The van der Waals surface area contributed by atoms with Gasteiger partial charge in [0, 0.05) is 44.5 Å². The van der Waals surface area contributed by atoms with E-state index in [2.05, 4.69) is 22.5 Å². The zero-order chi connectivity index (χ0) is 19.9. The Balaban J connectivity index is 1.33. The molecule has 3 rings (SSSR count). The van der Waals surface area contributed by atoms with E-state index in [9.17, 15) is 13.6 Å². The highest BCUT2D eigenvalue weighted by atomic mass is 19.2. The molecule has 156 valence electrons. The number of urea groups is 1. The van der Waals surface area contributed by atoms with Crippen LogP contribution < -0.4 is 15.5 Å². The summed E-state index contributed by atoms with van der Waals surface area (Å²) in [5.74, 6) is -0.909. The number of amides is 2. The number of nitrogens with one attached hydrogen (secondary N) is 2. The molecule has 2 fully saturated rings.